The molecule has 0 bridgehead atoms. The fourth-order valence-electron chi connectivity index (χ4n) is 9.97. The van der Waals surface area contributed by atoms with Crippen molar-refractivity contribution >= 4 is 54.6 Å². The van der Waals surface area contributed by atoms with Gasteiger partial charge in [0.05, 0.1) is 37.2 Å². The van der Waals surface area contributed by atoms with Crippen LogP contribution in [0.4, 0.5) is 0 Å². The second-order valence-corrected chi connectivity index (χ2v) is 26.2. The summed E-state index contributed by atoms with van der Waals surface area (Å²) in [6, 6.07) is 11.5. The Balaban J connectivity index is 0.000000203. The number of carbonyl (C=O) groups excluding carboxylic acids is 1. The summed E-state index contributed by atoms with van der Waals surface area (Å²) in [5.74, 6) is 0.0829. The van der Waals surface area contributed by atoms with Crippen molar-refractivity contribution in [2.45, 2.75) is 115 Å². The van der Waals surface area contributed by atoms with Crippen LogP contribution in [0.2, 0.25) is 0 Å². The number of carboxylic acids is 1. The summed E-state index contributed by atoms with van der Waals surface area (Å²) in [5.41, 5.74) is 5.27. The van der Waals surface area contributed by atoms with Crippen LogP contribution in [0.15, 0.2) is 46.2 Å². The molecule has 0 saturated carbocycles. The van der Waals surface area contributed by atoms with Gasteiger partial charge < -0.3 is 34.3 Å². The Kier molecular flexibility index (Phi) is 22.9. The summed E-state index contributed by atoms with van der Waals surface area (Å²) < 4.78 is 74.8. The van der Waals surface area contributed by atoms with E-state index in [2.05, 4.69) is 27.2 Å². The number of likely N-dealkylation sites (N-methyl/N-ethyl adjacent to an activating group) is 2. The maximum Gasteiger partial charge on any atom is 0.329 e. The molecule has 4 aliphatic heterocycles. The number of methoxy groups -OCH3 is 2. The van der Waals surface area contributed by atoms with Gasteiger partial charge in [-0.05, 0) is 162 Å². The second-order valence-electron chi connectivity index (χ2n) is 19.8. The van der Waals surface area contributed by atoms with Crippen LogP contribution in [0.5, 0.6) is 11.5 Å². The van der Waals surface area contributed by atoms with E-state index >= 15 is 0 Å². The highest BCUT2D eigenvalue weighted by Gasteiger charge is 2.28. The van der Waals surface area contributed by atoms with Crippen molar-refractivity contribution in [3.63, 3.8) is 0 Å². The van der Waals surface area contributed by atoms with Gasteiger partial charge >= 0.3 is 5.97 Å². The van der Waals surface area contributed by atoms with Crippen LogP contribution in [0.1, 0.15) is 91.4 Å². The van der Waals surface area contributed by atoms with Crippen LogP contribution < -0.4 is 14.8 Å². The molecule has 0 unspecified atom stereocenters. The molecule has 0 spiro atoms. The molecular weight excluding hydrogens is 1040 g/mol. The monoisotopic (exact) mass is 1120 g/mol. The van der Waals surface area contributed by atoms with Gasteiger partial charge in [-0.3, -0.25) is 14.6 Å². The van der Waals surface area contributed by atoms with E-state index < -0.39 is 32.6 Å². The molecule has 21 heteroatoms. The third kappa shape index (κ3) is 17.0. The van der Waals surface area contributed by atoms with E-state index in [0.717, 1.165) is 30.4 Å². The summed E-state index contributed by atoms with van der Waals surface area (Å²) in [6.07, 6.45) is 10.3. The normalized spacial score (nSPS) is 16.4. The van der Waals surface area contributed by atoms with Crippen molar-refractivity contribution in [1.29, 1.82) is 0 Å². The summed E-state index contributed by atoms with van der Waals surface area (Å²) in [6.45, 7) is 17.6. The van der Waals surface area contributed by atoms with E-state index in [-0.39, 0.29) is 48.6 Å². The molecule has 0 aliphatic carbocycles. The number of aliphatic carboxylic acids is 1. The Morgan fingerprint density at radius 1 is 0.627 bits per heavy atom. The number of piperidine rings is 2. The smallest absolute Gasteiger partial charge is 0.329 e. The average Bonchev–Trinajstić information content (AvgIpc) is 3.99. The first-order valence-electron chi connectivity index (χ1n) is 26.0. The summed E-state index contributed by atoms with van der Waals surface area (Å²) in [4.78, 5) is 36.7. The summed E-state index contributed by atoms with van der Waals surface area (Å²) in [7, 11) is -1.31. The number of ether oxygens (including phenoxy) is 4. The quantitative estimate of drug-likeness (QED) is 0.0862. The molecule has 75 heavy (non-hydrogen) atoms. The molecule has 2 saturated heterocycles. The highest BCUT2D eigenvalue weighted by Crippen LogP contribution is 2.32. The predicted octanol–water partition coefficient (Wildman–Crippen LogP) is 6.99. The zero-order valence-corrected chi connectivity index (χ0v) is 48.6. The lowest BCUT2D eigenvalue weighted by atomic mass is 10.1. The first-order chi connectivity index (χ1) is 35.8. The van der Waals surface area contributed by atoms with Crippen molar-refractivity contribution in [2.24, 2.45) is 0 Å². The molecule has 4 aliphatic rings. The molecule has 8 rings (SSSR count). The molecule has 2 aromatic heterocycles. The molecule has 4 aromatic rings. The average molecular weight is 1120 g/mol. The predicted molar refractivity (Wildman–Crippen MR) is 295 cm³/mol. The van der Waals surface area contributed by atoms with Crippen LogP contribution >= 0.6 is 22.7 Å². The molecule has 6 heterocycles. The number of thiophene rings is 2. The zero-order chi connectivity index (χ0) is 54.3. The Bertz CT molecular complexity index is 2680. The first-order valence-corrected chi connectivity index (χ1v) is 30.6. The number of carboxylic acid groups (broad SMARTS) is 1. The summed E-state index contributed by atoms with van der Waals surface area (Å²) in [5, 5.41) is 11.9. The largest absolute Gasteiger partial charge is 0.497 e. The third-order valence-electron chi connectivity index (χ3n) is 13.9. The maximum atomic E-state index is 13.1. The minimum Gasteiger partial charge on any atom is -0.497 e. The topological polar surface area (TPSA) is 188 Å². The van der Waals surface area contributed by atoms with E-state index in [1.807, 2.05) is 27.6 Å². The Labute approximate surface area is 454 Å². The van der Waals surface area contributed by atoms with Crippen molar-refractivity contribution in [1.82, 2.24) is 28.6 Å². The number of amides is 1. The molecule has 0 atom stereocenters. The fourth-order valence-corrected chi connectivity index (χ4v) is 15.5. The minimum atomic E-state index is -3.69. The highest BCUT2D eigenvalue weighted by molar-refractivity contribution is 7.89. The van der Waals surface area contributed by atoms with E-state index in [1.54, 1.807) is 74.4 Å². The van der Waals surface area contributed by atoms with Gasteiger partial charge in [0, 0.05) is 86.0 Å². The van der Waals surface area contributed by atoms with Gasteiger partial charge in [0.1, 0.15) is 24.7 Å². The first kappa shape index (κ1) is 60.2. The summed E-state index contributed by atoms with van der Waals surface area (Å²) >= 11 is 3.94. The minimum absolute atomic E-state index is 0.0102. The number of carbonyl (C=O) groups is 2. The van der Waals surface area contributed by atoms with Crippen LogP contribution in [0.3, 0.4) is 0 Å². The molecule has 17 nitrogen and oxygen atoms in total. The number of rotatable bonds is 20. The molecule has 416 valence electrons. The Morgan fingerprint density at radius 2 is 1.07 bits per heavy atom. The Morgan fingerprint density at radius 3 is 1.51 bits per heavy atom. The number of hydrogen-bond acceptors (Lipinski definition) is 15. The fraction of sp³-hybridized carbons (Fsp3) is 0.593. The van der Waals surface area contributed by atoms with Gasteiger partial charge in [0.15, 0.2) is 0 Å². The van der Waals surface area contributed by atoms with E-state index in [9.17, 15) is 26.4 Å². The number of nitrogens with zero attached hydrogens (tertiary/aromatic N) is 5. The van der Waals surface area contributed by atoms with Crippen molar-refractivity contribution < 1.29 is 50.5 Å². The van der Waals surface area contributed by atoms with Crippen LogP contribution in [-0.2, 0) is 78.1 Å². The lowest BCUT2D eigenvalue weighted by molar-refractivity contribution is -0.142. The number of likely N-dealkylation sites (tertiary alicyclic amines) is 2. The molecule has 2 N–H and O–H groups in total. The molecule has 1 amide bonds. The third-order valence-corrected chi connectivity index (χ3v) is 20.7. The van der Waals surface area contributed by atoms with Crippen molar-refractivity contribution in [3.05, 3.63) is 89.3 Å². The number of sulfonamides is 2. The molecular formula is C54H80N6O11S4. The van der Waals surface area contributed by atoms with E-state index in [4.69, 9.17) is 24.1 Å². The SMILES string of the molecule is COc1cc(C)c(S(=O)(=O)N(C)CCOCC(=O)N2CCc3sc(CN4CCCCC4)cc3C2)c(C)c1.COc1cc(C)c(S(=O)(=O)N(C)CCOCC(=O)O)c(C)c1.c1c(CN2CCCCC2)sc2c1CNCC2. The molecule has 0 radical (unpaired) electrons. The van der Waals surface area contributed by atoms with Gasteiger partial charge in [0.2, 0.25) is 26.0 Å². The number of nitrogens with one attached hydrogen (secondary N) is 1. The number of benzene rings is 2. The zero-order valence-electron chi connectivity index (χ0n) is 45.3. The van der Waals surface area contributed by atoms with Crippen LogP contribution in [0, 0.1) is 27.7 Å². The van der Waals surface area contributed by atoms with Crippen molar-refractivity contribution in [3.8, 4) is 11.5 Å². The molecule has 2 aromatic carbocycles. The highest BCUT2D eigenvalue weighted by atomic mass is 32.2. The Hall–Kier alpha value is -4.00. The maximum absolute atomic E-state index is 13.1. The van der Waals surface area contributed by atoms with Gasteiger partial charge in [0.25, 0.3) is 0 Å². The van der Waals surface area contributed by atoms with Gasteiger partial charge in [-0.2, -0.15) is 8.61 Å². The van der Waals surface area contributed by atoms with E-state index in [1.165, 1.54) is 118 Å². The molecule has 2 fully saturated rings. The number of fused-ring (bicyclic) bond motifs is 2. The van der Waals surface area contributed by atoms with Gasteiger partial charge in [-0.25, -0.2) is 21.6 Å². The van der Waals surface area contributed by atoms with E-state index in [0.29, 0.717) is 46.8 Å². The van der Waals surface area contributed by atoms with Crippen molar-refractivity contribution in [2.75, 3.05) is 107 Å². The number of aryl methyl sites for hydroxylation is 4. The number of hydrogen-bond donors (Lipinski definition) is 2. The van der Waals surface area contributed by atoms with Crippen LogP contribution in [-0.4, -0.2) is 164 Å². The van der Waals surface area contributed by atoms with Gasteiger partial charge in [-0.15, -0.1) is 22.7 Å². The standard InChI is InChI=1S/C27H39N3O5S2.C14H21NO6S.C13H20N2S/c1-20-14-23(34-4)15-21(2)27(20)37(32,33)28(3)12-13-35-19-26(31)30-11-8-25-22(17-30)16-24(36-25)18-29-9-6-5-7-10-29;1-10-7-12(20-4)8-11(2)14(10)22(18,19)15(3)5-6-21-9-13(16)17;1-2-6-15(7-3-1)10-12-8-11-9-14-5-4-13(11)16-12/h14-16H,5-13,17-19H2,1-4H3;7-8H,5-6,9H2,1-4H3,(H,16,17);8,14H,1-7,9-10H2. The lowest BCUT2D eigenvalue weighted by Gasteiger charge is -2.27. The lowest BCUT2D eigenvalue weighted by Crippen LogP contribution is -2.38. The van der Waals surface area contributed by atoms with Crippen LogP contribution in [0.25, 0.3) is 0 Å². The van der Waals surface area contributed by atoms with Gasteiger partial charge in [-0.1, -0.05) is 12.8 Å². The second kappa shape index (κ2) is 28.6.